The number of aliphatic hydroxyl groups excluding tert-OH is 1. The quantitative estimate of drug-likeness (QED) is 0.293. The summed E-state index contributed by atoms with van der Waals surface area (Å²) in [6, 6.07) is 14.0. The lowest BCUT2D eigenvalue weighted by molar-refractivity contribution is 0.112. The molecule has 5 rings (SSSR count). The lowest BCUT2D eigenvalue weighted by Crippen LogP contribution is -2.37. The number of nitrogens with zero attached hydrogens (tertiary/aromatic N) is 3. The third-order valence-electron chi connectivity index (χ3n) is 6.70. The zero-order chi connectivity index (χ0) is 25.4. The minimum absolute atomic E-state index is 0.00141. The molecule has 0 aromatic heterocycles. The zero-order valence-electron chi connectivity index (χ0n) is 19.2. The van der Waals surface area contributed by atoms with Crippen LogP contribution in [-0.4, -0.2) is 36.3 Å². The van der Waals surface area contributed by atoms with Gasteiger partial charge >= 0.3 is 0 Å². The Kier molecular flexibility index (Phi) is 6.49. The summed E-state index contributed by atoms with van der Waals surface area (Å²) in [6.07, 6.45) is 0.525. The van der Waals surface area contributed by atoms with Gasteiger partial charge in [0.15, 0.2) is 23.3 Å². The third kappa shape index (κ3) is 4.24. The van der Waals surface area contributed by atoms with Crippen molar-refractivity contribution in [2.75, 3.05) is 23.0 Å². The largest absolute Gasteiger partial charge is 0.393 e. The van der Waals surface area contributed by atoms with Gasteiger partial charge in [0, 0.05) is 25.1 Å². The van der Waals surface area contributed by atoms with Gasteiger partial charge in [0.2, 0.25) is 0 Å². The van der Waals surface area contributed by atoms with Crippen LogP contribution in [0.2, 0.25) is 0 Å². The van der Waals surface area contributed by atoms with Gasteiger partial charge in [-0.3, -0.25) is 9.80 Å². The van der Waals surface area contributed by atoms with E-state index in [0.717, 1.165) is 0 Å². The molecule has 2 aliphatic heterocycles. The van der Waals surface area contributed by atoms with E-state index in [-0.39, 0.29) is 32.4 Å². The first-order chi connectivity index (χ1) is 17.4. The highest BCUT2D eigenvalue weighted by Gasteiger charge is 2.39. The molecular weight excluding hydrogens is 474 g/mol. The number of anilines is 2. The summed E-state index contributed by atoms with van der Waals surface area (Å²) in [4.78, 5) is 12.3. The maximum atomic E-state index is 15.5. The molecular formula is C27H23F4N3O2. The topological polar surface area (TPSA) is 56.1 Å². The third-order valence-corrected chi connectivity index (χ3v) is 6.70. The Balaban J connectivity index is 1.60. The summed E-state index contributed by atoms with van der Waals surface area (Å²) in [6.45, 7) is 0.153. The molecule has 2 heterocycles. The number of benzene rings is 3. The van der Waals surface area contributed by atoms with E-state index in [9.17, 15) is 9.90 Å². The molecule has 186 valence electrons. The van der Waals surface area contributed by atoms with Gasteiger partial charge in [-0.15, -0.1) is 0 Å². The van der Waals surface area contributed by atoms with Gasteiger partial charge in [-0.05, 0) is 42.7 Å². The van der Waals surface area contributed by atoms with Gasteiger partial charge in [0.05, 0.1) is 29.1 Å². The maximum absolute atomic E-state index is 15.5. The first-order valence-corrected chi connectivity index (χ1v) is 11.6. The molecule has 0 saturated carbocycles. The van der Waals surface area contributed by atoms with Crippen molar-refractivity contribution in [3.63, 3.8) is 0 Å². The molecule has 0 bridgehead atoms. The Morgan fingerprint density at radius 2 is 1.47 bits per heavy atom. The highest BCUT2D eigenvalue weighted by molar-refractivity contribution is 6.03. The van der Waals surface area contributed by atoms with Crippen molar-refractivity contribution in [1.29, 1.82) is 0 Å². The van der Waals surface area contributed by atoms with E-state index in [1.54, 1.807) is 36.4 Å². The fraction of sp³-hybridized carbons (Fsp3) is 0.259. The van der Waals surface area contributed by atoms with Gasteiger partial charge in [-0.25, -0.2) is 17.6 Å². The van der Waals surface area contributed by atoms with Crippen LogP contribution in [0.5, 0.6) is 0 Å². The van der Waals surface area contributed by atoms with Crippen LogP contribution in [0.4, 0.5) is 28.9 Å². The van der Waals surface area contributed by atoms with Gasteiger partial charge in [-0.2, -0.15) is 5.10 Å². The van der Waals surface area contributed by atoms with E-state index in [2.05, 4.69) is 5.10 Å². The van der Waals surface area contributed by atoms with Crippen molar-refractivity contribution in [2.45, 2.75) is 31.4 Å². The molecule has 36 heavy (non-hydrogen) atoms. The van der Waals surface area contributed by atoms with Gasteiger partial charge in [0.1, 0.15) is 12.0 Å². The predicted octanol–water partition coefficient (Wildman–Crippen LogP) is 5.37. The Labute approximate surface area is 205 Å². The number of piperidine rings is 1. The standard InChI is InChI=1S/C27H23F4N3O2/c28-23-22(24(29)26(31)27(25(23)30)33-12-10-19(36)11-13-33)21-14-20(17-4-2-1-3-5-17)32-34(21)18-8-6-16(15-35)7-9-18/h1-9,15,19,21,36H,10-14H2. The summed E-state index contributed by atoms with van der Waals surface area (Å²) in [7, 11) is 0. The molecule has 3 aromatic carbocycles. The fourth-order valence-electron chi connectivity index (χ4n) is 4.78. The number of hydrogen-bond donors (Lipinski definition) is 1. The Bertz CT molecular complexity index is 1280. The monoisotopic (exact) mass is 497 g/mol. The molecule has 1 atom stereocenters. The molecule has 1 saturated heterocycles. The lowest BCUT2D eigenvalue weighted by atomic mass is 9.95. The van der Waals surface area contributed by atoms with Gasteiger partial charge in [-0.1, -0.05) is 30.3 Å². The number of hydrogen-bond acceptors (Lipinski definition) is 5. The average Bonchev–Trinajstić information content (AvgIpc) is 3.34. The van der Waals surface area contributed by atoms with Crippen LogP contribution in [-0.2, 0) is 0 Å². The summed E-state index contributed by atoms with van der Waals surface area (Å²) in [5, 5.41) is 15.6. The van der Waals surface area contributed by atoms with Gasteiger partial charge < -0.3 is 10.0 Å². The summed E-state index contributed by atoms with van der Waals surface area (Å²) in [5.41, 5.74) is 0.496. The number of carbonyl (C=O) groups is 1. The molecule has 0 amide bonds. The molecule has 9 heteroatoms. The van der Waals surface area contributed by atoms with E-state index in [0.29, 0.717) is 28.8 Å². The molecule has 3 aromatic rings. The van der Waals surface area contributed by atoms with Crippen LogP contribution in [0.3, 0.4) is 0 Å². The summed E-state index contributed by atoms with van der Waals surface area (Å²) in [5.74, 6) is -5.88. The second-order valence-electron chi connectivity index (χ2n) is 8.92. The highest BCUT2D eigenvalue weighted by Crippen LogP contribution is 2.42. The Morgan fingerprint density at radius 1 is 0.861 bits per heavy atom. The van der Waals surface area contributed by atoms with Crippen LogP contribution in [0.1, 0.15) is 46.8 Å². The smallest absolute Gasteiger partial charge is 0.185 e. The first kappa shape index (κ1) is 24.0. The van der Waals surface area contributed by atoms with Crippen molar-refractivity contribution in [1.82, 2.24) is 0 Å². The molecule has 1 unspecified atom stereocenters. The molecule has 0 spiro atoms. The van der Waals surface area contributed by atoms with Crippen molar-refractivity contribution in [2.24, 2.45) is 5.10 Å². The number of carbonyl (C=O) groups excluding carboxylic acids is 1. The van der Waals surface area contributed by atoms with Crippen LogP contribution in [0, 0.1) is 23.3 Å². The van der Waals surface area contributed by atoms with Crippen LogP contribution in [0.25, 0.3) is 0 Å². The van der Waals surface area contributed by atoms with Crippen LogP contribution < -0.4 is 9.91 Å². The molecule has 5 nitrogen and oxygen atoms in total. The molecule has 1 fully saturated rings. The van der Waals surface area contributed by atoms with E-state index in [1.165, 1.54) is 22.0 Å². The molecule has 0 aliphatic carbocycles. The van der Waals surface area contributed by atoms with E-state index in [1.807, 2.05) is 6.07 Å². The molecule has 2 aliphatic rings. The van der Waals surface area contributed by atoms with E-state index >= 15 is 17.6 Å². The number of hydrazone groups is 1. The van der Waals surface area contributed by atoms with Crippen molar-refractivity contribution in [3.8, 4) is 0 Å². The Morgan fingerprint density at radius 3 is 2.06 bits per heavy atom. The number of rotatable bonds is 5. The summed E-state index contributed by atoms with van der Waals surface area (Å²) >= 11 is 0. The van der Waals surface area contributed by atoms with Gasteiger partial charge in [0.25, 0.3) is 0 Å². The van der Waals surface area contributed by atoms with Crippen molar-refractivity contribution < 1.29 is 27.5 Å². The summed E-state index contributed by atoms with van der Waals surface area (Å²) < 4.78 is 61.7. The molecule has 0 radical (unpaired) electrons. The van der Waals surface area contributed by atoms with E-state index < -0.39 is 46.7 Å². The highest BCUT2D eigenvalue weighted by atomic mass is 19.2. The minimum atomic E-state index is -1.47. The predicted molar refractivity (Wildman–Crippen MR) is 128 cm³/mol. The number of aliphatic hydroxyl groups is 1. The zero-order valence-corrected chi connectivity index (χ0v) is 19.2. The lowest BCUT2D eigenvalue weighted by Gasteiger charge is -2.33. The van der Waals surface area contributed by atoms with Crippen LogP contribution in [0.15, 0.2) is 59.7 Å². The second-order valence-corrected chi connectivity index (χ2v) is 8.92. The fourth-order valence-corrected chi connectivity index (χ4v) is 4.78. The average molecular weight is 497 g/mol. The number of aldehydes is 1. The number of halogens is 4. The van der Waals surface area contributed by atoms with Crippen LogP contribution >= 0.6 is 0 Å². The van der Waals surface area contributed by atoms with E-state index in [4.69, 9.17) is 0 Å². The first-order valence-electron chi connectivity index (χ1n) is 11.6. The SMILES string of the molecule is O=Cc1ccc(N2N=C(c3ccccc3)CC2c2c(F)c(F)c(N3CCC(O)CC3)c(F)c2F)cc1. The van der Waals surface area contributed by atoms with Crippen molar-refractivity contribution >= 4 is 23.4 Å². The molecule has 1 N–H and O–H groups in total. The second kappa shape index (κ2) is 9.73. The van der Waals surface area contributed by atoms with Crippen molar-refractivity contribution in [3.05, 3.63) is 94.6 Å². The maximum Gasteiger partial charge on any atom is 0.185 e. The minimum Gasteiger partial charge on any atom is -0.393 e. The normalized spacial score (nSPS) is 18.5. The Hall–Kier alpha value is -3.72.